The highest BCUT2D eigenvalue weighted by Crippen LogP contribution is 2.35. The van der Waals surface area contributed by atoms with Gasteiger partial charge in [0.25, 0.3) is 5.91 Å². The van der Waals surface area contributed by atoms with Gasteiger partial charge in [0.1, 0.15) is 0 Å². The lowest BCUT2D eigenvalue weighted by Gasteiger charge is -2.34. The largest absolute Gasteiger partial charge is 0.332 e. The van der Waals surface area contributed by atoms with E-state index in [1.807, 2.05) is 29.2 Å². The van der Waals surface area contributed by atoms with Crippen molar-refractivity contribution in [3.05, 3.63) is 47.4 Å². The smallest absolute Gasteiger partial charge is 0.255 e. The van der Waals surface area contributed by atoms with E-state index in [2.05, 4.69) is 33.2 Å². The molecule has 1 saturated carbocycles. The van der Waals surface area contributed by atoms with Crippen molar-refractivity contribution >= 4 is 16.8 Å². The van der Waals surface area contributed by atoms with E-state index in [9.17, 15) is 4.79 Å². The van der Waals surface area contributed by atoms with E-state index in [4.69, 9.17) is 0 Å². The number of fused-ring (bicyclic) bond motifs is 2. The highest BCUT2D eigenvalue weighted by molar-refractivity contribution is 6.06. The van der Waals surface area contributed by atoms with Crippen LogP contribution in [0.2, 0.25) is 0 Å². The van der Waals surface area contributed by atoms with Gasteiger partial charge in [-0.25, -0.2) is 0 Å². The van der Waals surface area contributed by atoms with Gasteiger partial charge in [-0.1, -0.05) is 13.0 Å². The van der Waals surface area contributed by atoms with E-state index in [1.54, 1.807) is 0 Å². The number of hydrogen-bond donors (Lipinski definition) is 1. The number of amides is 1. The number of aromatic amines is 1. The molecule has 2 aromatic heterocycles. The molecule has 3 aromatic rings. The molecule has 2 aliphatic rings. The molecule has 0 saturated heterocycles. The highest BCUT2D eigenvalue weighted by atomic mass is 16.2. The molecule has 0 radical (unpaired) electrons. The second-order valence-electron chi connectivity index (χ2n) is 7.82. The standard InChI is InChI=1S/C21H25N5O/c1-2-10-25-20-5-3-4-17(18(20)13-23-25)21(27)26(15-6-7-15)16-8-9-19-14(11-16)12-22-24-19/h3-5,12-13,15-16H,2,6-11H2,1H3,(H,22,24). The zero-order chi connectivity index (χ0) is 18.4. The number of nitrogens with one attached hydrogen (secondary N) is 1. The predicted octanol–water partition coefficient (Wildman–Crippen LogP) is 3.33. The molecular weight excluding hydrogens is 338 g/mol. The van der Waals surface area contributed by atoms with Crippen LogP contribution in [0.15, 0.2) is 30.6 Å². The number of hydrogen-bond acceptors (Lipinski definition) is 3. The molecule has 5 rings (SSSR count). The van der Waals surface area contributed by atoms with Crippen LogP contribution in [0.4, 0.5) is 0 Å². The SMILES string of the molecule is CCCn1ncc2c(C(=O)N(C3CC3)C3CCc4[nH]ncc4C3)cccc21. The van der Waals surface area contributed by atoms with Crippen LogP contribution in [0, 0.1) is 0 Å². The molecule has 1 N–H and O–H groups in total. The first kappa shape index (κ1) is 16.5. The van der Waals surface area contributed by atoms with Gasteiger partial charge in [-0.2, -0.15) is 10.2 Å². The van der Waals surface area contributed by atoms with Crippen molar-refractivity contribution < 1.29 is 4.79 Å². The number of nitrogens with zero attached hydrogens (tertiary/aromatic N) is 4. The van der Waals surface area contributed by atoms with Crippen LogP contribution in [-0.2, 0) is 19.4 Å². The van der Waals surface area contributed by atoms with E-state index in [0.717, 1.165) is 61.5 Å². The second-order valence-corrected chi connectivity index (χ2v) is 7.82. The average Bonchev–Trinajstić information content (AvgIpc) is 3.25. The molecule has 2 aliphatic carbocycles. The molecule has 0 aliphatic heterocycles. The maximum atomic E-state index is 13.6. The Morgan fingerprint density at radius 1 is 1.26 bits per heavy atom. The molecule has 0 bridgehead atoms. The lowest BCUT2D eigenvalue weighted by molar-refractivity contribution is 0.0645. The lowest BCUT2D eigenvalue weighted by atomic mass is 9.91. The second kappa shape index (κ2) is 6.51. The first-order chi connectivity index (χ1) is 13.3. The lowest BCUT2D eigenvalue weighted by Crippen LogP contribution is -2.44. The Hall–Kier alpha value is -2.63. The summed E-state index contributed by atoms with van der Waals surface area (Å²) in [5.41, 5.74) is 4.34. The molecule has 2 heterocycles. The Morgan fingerprint density at radius 3 is 2.96 bits per heavy atom. The van der Waals surface area contributed by atoms with Gasteiger partial charge in [0.15, 0.2) is 0 Å². The summed E-state index contributed by atoms with van der Waals surface area (Å²) in [6, 6.07) is 6.66. The van der Waals surface area contributed by atoms with Crippen LogP contribution in [0.5, 0.6) is 0 Å². The van der Waals surface area contributed by atoms with Crippen molar-refractivity contribution in [1.29, 1.82) is 0 Å². The Morgan fingerprint density at radius 2 is 2.15 bits per heavy atom. The Bertz CT molecular complexity index is 984. The van der Waals surface area contributed by atoms with Crippen LogP contribution >= 0.6 is 0 Å². The predicted molar refractivity (Wildman–Crippen MR) is 104 cm³/mol. The van der Waals surface area contributed by atoms with Gasteiger partial charge in [-0.05, 0) is 56.2 Å². The minimum absolute atomic E-state index is 0.163. The molecular formula is C21H25N5O. The Balaban J connectivity index is 1.49. The van der Waals surface area contributed by atoms with Crippen molar-refractivity contribution in [2.75, 3.05) is 0 Å². The summed E-state index contributed by atoms with van der Waals surface area (Å²) in [4.78, 5) is 15.8. The fourth-order valence-electron chi connectivity index (χ4n) is 4.44. The molecule has 140 valence electrons. The molecule has 6 heteroatoms. The molecule has 6 nitrogen and oxygen atoms in total. The van der Waals surface area contributed by atoms with Crippen molar-refractivity contribution in [3.63, 3.8) is 0 Å². The maximum absolute atomic E-state index is 13.6. The van der Waals surface area contributed by atoms with Crippen LogP contribution in [0.3, 0.4) is 0 Å². The average molecular weight is 363 g/mol. The van der Waals surface area contributed by atoms with Crippen LogP contribution in [-0.4, -0.2) is 42.9 Å². The van der Waals surface area contributed by atoms with Gasteiger partial charge in [0.05, 0.1) is 23.5 Å². The quantitative estimate of drug-likeness (QED) is 0.756. The monoisotopic (exact) mass is 363 g/mol. The molecule has 1 amide bonds. The number of benzene rings is 1. The van der Waals surface area contributed by atoms with Gasteiger partial charge < -0.3 is 4.90 Å². The highest BCUT2D eigenvalue weighted by Gasteiger charge is 2.39. The zero-order valence-corrected chi connectivity index (χ0v) is 15.7. The summed E-state index contributed by atoms with van der Waals surface area (Å²) in [6.45, 7) is 3.02. The van der Waals surface area contributed by atoms with Crippen LogP contribution < -0.4 is 0 Å². The number of H-pyrrole nitrogens is 1. The molecule has 1 atom stereocenters. The number of carbonyl (C=O) groups is 1. The number of aryl methyl sites for hydroxylation is 2. The first-order valence-corrected chi connectivity index (χ1v) is 10.0. The Kier molecular flexibility index (Phi) is 3.99. The molecule has 27 heavy (non-hydrogen) atoms. The van der Waals surface area contributed by atoms with E-state index in [1.165, 1.54) is 11.3 Å². The molecule has 1 aromatic carbocycles. The van der Waals surface area contributed by atoms with E-state index in [0.29, 0.717) is 6.04 Å². The molecule has 0 spiro atoms. The van der Waals surface area contributed by atoms with E-state index in [-0.39, 0.29) is 11.9 Å². The van der Waals surface area contributed by atoms with Crippen LogP contribution in [0.1, 0.15) is 54.2 Å². The normalized spacial score (nSPS) is 19.2. The summed E-state index contributed by atoms with van der Waals surface area (Å²) in [7, 11) is 0. The zero-order valence-electron chi connectivity index (χ0n) is 15.7. The summed E-state index contributed by atoms with van der Waals surface area (Å²) in [5.74, 6) is 0.163. The van der Waals surface area contributed by atoms with E-state index >= 15 is 0 Å². The van der Waals surface area contributed by atoms with Gasteiger partial charge in [0.2, 0.25) is 0 Å². The van der Waals surface area contributed by atoms with Crippen LogP contribution in [0.25, 0.3) is 10.9 Å². The fraction of sp³-hybridized carbons (Fsp3) is 0.476. The summed E-state index contributed by atoms with van der Waals surface area (Å²) < 4.78 is 2.01. The van der Waals surface area contributed by atoms with E-state index < -0.39 is 0 Å². The minimum Gasteiger partial charge on any atom is -0.332 e. The van der Waals surface area contributed by atoms with Crippen molar-refractivity contribution in [1.82, 2.24) is 24.9 Å². The third kappa shape index (κ3) is 2.83. The van der Waals surface area contributed by atoms with Crippen molar-refractivity contribution in [2.24, 2.45) is 0 Å². The third-order valence-corrected chi connectivity index (χ3v) is 5.91. The number of carbonyl (C=O) groups excluding carboxylic acids is 1. The first-order valence-electron chi connectivity index (χ1n) is 10.0. The number of aromatic nitrogens is 4. The minimum atomic E-state index is 0.163. The molecule has 1 fully saturated rings. The summed E-state index contributed by atoms with van der Waals surface area (Å²) in [5, 5.41) is 12.8. The maximum Gasteiger partial charge on any atom is 0.255 e. The van der Waals surface area contributed by atoms with Gasteiger partial charge in [-0.15, -0.1) is 0 Å². The van der Waals surface area contributed by atoms with Crippen molar-refractivity contribution in [3.8, 4) is 0 Å². The van der Waals surface area contributed by atoms with Gasteiger partial charge in [0, 0.05) is 29.7 Å². The fourth-order valence-corrected chi connectivity index (χ4v) is 4.44. The van der Waals surface area contributed by atoms with Gasteiger partial charge in [-0.3, -0.25) is 14.6 Å². The number of rotatable bonds is 5. The summed E-state index contributed by atoms with van der Waals surface area (Å²) in [6.07, 6.45) is 9.91. The van der Waals surface area contributed by atoms with Gasteiger partial charge >= 0.3 is 0 Å². The third-order valence-electron chi connectivity index (χ3n) is 5.91. The molecule has 1 unspecified atom stereocenters. The van der Waals surface area contributed by atoms with Crippen molar-refractivity contribution in [2.45, 2.75) is 64.1 Å². The summed E-state index contributed by atoms with van der Waals surface area (Å²) >= 11 is 0. The topological polar surface area (TPSA) is 66.8 Å². The Labute approximate surface area is 158 Å².